The van der Waals surface area contributed by atoms with E-state index in [9.17, 15) is 9.90 Å². The van der Waals surface area contributed by atoms with Crippen LogP contribution in [0.2, 0.25) is 0 Å². The molecule has 1 aromatic heterocycles. The molecule has 2 rings (SSSR count). The number of carbonyl (C=O) groups is 1. The minimum absolute atomic E-state index is 0.0294. The van der Waals surface area contributed by atoms with Crippen LogP contribution in [-0.4, -0.2) is 45.8 Å². The van der Waals surface area contributed by atoms with E-state index in [1.54, 1.807) is 17.3 Å². The van der Waals surface area contributed by atoms with Gasteiger partial charge in [-0.1, -0.05) is 0 Å². The summed E-state index contributed by atoms with van der Waals surface area (Å²) in [6.45, 7) is 9.35. The van der Waals surface area contributed by atoms with Gasteiger partial charge in [-0.2, -0.15) is 0 Å². The van der Waals surface area contributed by atoms with Crippen LogP contribution in [0.5, 0.6) is 0 Å². The maximum atomic E-state index is 11.7. The van der Waals surface area contributed by atoms with Gasteiger partial charge >= 0.3 is 6.09 Å². The van der Waals surface area contributed by atoms with Crippen LogP contribution in [0.1, 0.15) is 39.2 Å². The highest BCUT2D eigenvalue weighted by atomic mass is 16.4. The highest BCUT2D eigenvalue weighted by Crippen LogP contribution is 2.31. The van der Waals surface area contributed by atoms with Gasteiger partial charge in [-0.25, -0.2) is 4.79 Å². The number of nitrogens with two attached hydrogens (primary N) is 1. The molecule has 1 aliphatic heterocycles. The van der Waals surface area contributed by atoms with Crippen LogP contribution in [-0.2, 0) is 0 Å². The number of anilines is 2. The van der Waals surface area contributed by atoms with Gasteiger partial charge in [0.2, 0.25) is 0 Å². The third-order valence-electron chi connectivity index (χ3n) is 4.14. The van der Waals surface area contributed by atoms with Gasteiger partial charge in [-0.3, -0.25) is 9.88 Å². The van der Waals surface area contributed by atoms with Gasteiger partial charge in [-0.15, -0.1) is 0 Å². The standard InChI is InChI=1S/C16H26N4O2/c1-11-8-18-9-13(17)14(11)19-7-5-6-12(10-19)20(15(21)22)16(2,3)4/h8-9,12H,5-7,10,17H2,1-4H3,(H,21,22)/t12-/m0/s1. The molecule has 1 amide bonds. The molecule has 0 unspecified atom stereocenters. The van der Waals surface area contributed by atoms with Crippen LogP contribution in [0, 0.1) is 6.92 Å². The molecular formula is C16H26N4O2. The number of aryl methyl sites for hydroxylation is 1. The molecule has 0 saturated carbocycles. The van der Waals surface area contributed by atoms with E-state index in [0.717, 1.165) is 30.6 Å². The third-order valence-corrected chi connectivity index (χ3v) is 4.14. The van der Waals surface area contributed by atoms with Gasteiger partial charge in [0.05, 0.1) is 23.6 Å². The number of nitrogen functional groups attached to an aromatic ring is 1. The van der Waals surface area contributed by atoms with Crippen LogP contribution >= 0.6 is 0 Å². The van der Waals surface area contributed by atoms with Crippen molar-refractivity contribution in [2.24, 2.45) is 0 Å². The van der Waals surface area contributed by atoms with Crippen LogP contribution in [0.25, 0.3) is 0 Å². The van der Waals surface area contributed by atoms with Gasteiger partial charge in [0.15, 0.2) is 0 Å². The summed E-state index contributed by atoms with van der Waals surface area (Å²) in [7, 11) is 0. The molecule has 22 heavy (non-hydrogen) atoms. The van der Waals surface area contributed by atoms with Crippen molar-refractivity contribution >= 4 is 17.5 Å². The number of pyridine rings is 1. The molecule has 6 heteroatoms. The first-order chi connectivity index (χ1) is 10.2. The van der Waals surface area contributed by atoms with Crippen molar-refractivity contribution in [2.75, 3.05) is 23.7 Å². The van der Waals surface area contributed by atoms with Gasteiger partial charge < -0.3 is 15.7 Å². The Morgan fingerprint density at radius 3 is 2.68 bits per heavy atom. The lowest BCUT2D eigenvalue weighted by atomic mass is 9.97. The maximum absolute atomic E-state index is 11.7. The van der Waals surface area contributed by atoms with Crippen LogP contribution in [0.4, 0.5) is 16.2 Å². The van der Waals surface area contributed by atoms with Crippen LogP contribution in [0.15, 0.2) is 12.4 Å². The van der Waals surface area contributed by atoms with Crippen molar-refractivity contribution in [1.82, 2.24) is 9.88 Å². The van der Waals surface area contributed by atoms with Crippen molar-refractivity contribution in [3.63, 3.8) is 0 Å². The monoisotopic (exact) mass is 306 g/mol. The number of aromatic nitrogens is 1. The van der Waals surface area contributed by atoms with Crippen molar-refractivity contribution in [3.8, 4) is 0 Å². The molecule has 6 nitrogen and oxygen atoms in total. The largest absolute Gasteiger partial charge is 0.465 e. The lowest BCUT2D eigenvalue weighted by Gasteiger charge is -2.45. The number of amides is 1. The van der Waals surface area contributed by atoms with Gasteiger partial charge in [0.25, 0.3) is 0 Å². The topological polar surface area (TPSA) is 82.7 Å². The zero-order valence-electron chi connectivity index (χ0n) is 13.8. The van der Waals surface area contributed by atoms with E-state index in [1.165, 1.54) is 0 Å². The average Bonchev–Trinajstić information content (AvgIpc) is 2.36. The highest BCUT2D eigenvalue weighted by molar-refractivity contribution is 5.71. The molecule has 3 N–H and O–H groups in total. The van der Waals surface area contributed by atoms with E-state index < -0.39 is 11.6 Å². The summed E-state index contributed by atoms with van der Waals surface area (Å²) in [5.41, 5.74) is 8.33. The molecule has 0 aromatic carbocycles. The van der Waals surface area contributed by atoms with Crippen molar-refractivity contribution in [1.29, 1.82) is 0 Å². The molecular weight excluding hydrogens is 280 g/mol. The Labute approximate surface area is 131 Å². The summed E-state index contributed by atoms with van der Waals surface area (Å²) in [5, 5.41) is 9.60. The Balaban J connectivity index is 2.27. The Kier molecular flexibility index (Phi) is 4.49. The molecule has 1 saturated heterocycles. The van der Waals surface area contributed by atoms with E-state index in [-0.39, 0.29) is 6.04 Å². The minimum atomic E-state index is -0.862. The number of hydrogen-bond donors (Lipinski definition) is 2. The number of rotatable bonds is 2. The van der Waals surface area contributed by atoms with Gasteiger partial charge in [-0.05, 0) is 46.1 Å². The molecule has 2 heterocycles. The Morgan fingerprint density at radius 1 is 1.45 bits per heavy atom. The predicted octanol–water partition coefficient (Wildman–Crippen LogP) is 2.72. The SMILES string of the molecule is Cc1cncc(N)c1N1CCC[C@H](N(C(=O)O)C(C)(C)C)C1. The van der Waals surface area contributed by atoms with E-state index in [1.807, 2.05) is 27.7 Å². The van der Waals surface area contributed by atoms with Crippen molar-refractivity contribution < 1.29 is 9.90 Å². The zero-order valence-corrected chi connectivity index (χ0v) is 13.8. The lowest BCUT2D eigenvalue weighted by molar-refractivity contribution is 0.0648. The molecule has 0 spiro atoms. The molecule has 122 valence electrons. The zero-order chi connectivity index (χ0) is 16.5. The van der Waals surface area contributed by atoms with Crippen molar-refractivity contribution in [2.45, 2.75) is 52.1 Å². The smallest absolute Gasteiger partial charge is 0.408 e. The first-order valence-electron chi connectivity index (χ1n) is 7.69. The van der Waals surface area contributed by atoms with E-state index >= 15 is 0 Å². The molecule has 1 aliphatic rings. The molecule has 0 bridgehead atoms. The van der Waals surface area contributed by atoms with E-state index in [0.29, 0.717) is 12.2 Å². The quantitative estimate of drug-likeness (QED) is 0.878. The average molecular weight is 306 g/mol. The Morgan fingerprint density at radius 2 is 2.14 bits per heavy atom. The minimum Gasteiger partial charge on any atom is -0.465 e. The van der Waals surface area contributed by atoms with Crippen LogP contribution in [0.3, 0.4) is 0 Å². The first kappa shape index (κ1) is 16.4. The summed E-state index contributed by atoms with van der Waals surface area (Å²) < 4.78 is 0. The second kappa shape index (κ2) is 6.02. The Hall–Kier alpha value is -1.98. The summed E-state index contributed by atoms with van der Waals surface area (Å²) in [4.78, 5) is 19.6. The molecule has 1 aromatic rings. The third kappa shape index (κ3) is 3.26. The molecule has 0 aliphatic carbocycles. The number of carboxylic acid groups (broad SMARTS) is 1. The Bertz CT molecular complexity index is 533. The molecule has 0 radical (unpaired) electrons. The number of nitrogens with zero attached hydrogens (tertiary/aromatic N) is 3. The summed E-state index contributed by atoms with van der Waals surface area (Å²) in [6, 6.07) is -0.0294. The van der Waals surface area contributed by atoms with Gasteiger partial charge in [0, 0.05) is 24.8 Å². The summed E-state index contributed by atoms with van der Waals surface area (Å²) in [6.07, 6.45) is 4.42. The molecule has 1 fully saturated rings. The number of hydrogen-bond acceptors (Lipinski definition) is 4. The second-order valence-electron chi connectivity index (χ2n) is 6.96. The fourth-order valence-corrected chi connectivity index (χ4v) is 3.37. The van der Waals surface area contributed by atoms with E-state index in [4.69, 9.17) is 5.73 Å². The second-order valence-corrected chi connectivity index (χ2v) is 6.96. The molecule has 1 atom stereocenters. The fourth-order valence-electron chi connectivity index (χ4n) is 3.37. The maximum Gasteiger partial charge on any atom is 0.408 e. The van der Waals surface area contributed by atoms with Crippen LogP contribution < -0.4 is 10.6 Å². The normalized spacial score (nSPS) is 19.1. The van der Waals surface area contributed by atoms with E-state index in [2.05, 4.69) is 9.88 Å². The fraction of sp³-hybridized carbons (Fsp3) is 0.625. The summed E-state index contributed by atoms with van der Waals surface area (Å²) in [5.74, 6) is 0. The lowest BCUT2D eigenvalue weighted by Crippen LogP contribution is -2.57. The number of piperidine rings is 1. The van der Waals surface area contributed by atoms with Crippen molar-refractivity contribution in [3.05, 3.63) is 18.0 Å². The highest BCUT2D eigenvalue weighted by Gasteiger charge is 2.36. The summed E-state index contributed by atoms with van der Waals surface area (Å²) >= 11 is 0. The first-order valence-corrected chi connectivity index (χ1v) is 7.69. The van der Waals surface area contributed by atoms with Gasteiger partial charge in [0.1, 0.15) is 0 Å². The predicted molar refractivity (Wildman–Crippen MR) is 88.2 cm³/mol.